The van der Waals surface area contributed by atoms with E-state index in [2.05, 4.69) is 24.1 Å². The van der Waals surface area contributed by atoms with Gasteiger partial charge in [0.05, 0.1) is 10.5 Å². The van der Waals surface area contributed by atoms with Crippen molar-refractivity contribution >= 4 is 34.5 Å². The van der Waals surface area contributed by atoms with Gasteiger partial charge in [-0.15, -0.1) is 0 Å². The third-order valence-corrected chi connectivity index (χ3v) is 6.68. The molecule has 1 aromatic heterocycles. The summed E-state index contributed by atoms with van der Waals surface area (Å²) in [5.41, 5.74) is 0.747. The van der Waals surface area contributed by atoms with Crippen LogP contribution in [0.4, 0.5) is 10.3 Å². The van der Waals surface area contributed by atoms with E-state index in [9.17, 15) is 9.18 Å². The maximum absolute atomic E-state index is 14.8. The van der Waals surface area contributed by atoms with Crippen LogP contribution in [0.1, 0.15) is 52.9 Å². The molecule has 25 heavy (non-hydrogen) atoms. The number of halogens is 2. The number of nitrogens with zero attached hydrogens (tertiary/aromatic N) is 2. The van der Waals surface area contributed by atoms with Gasteiger partial charge in [-0.3, -0.25) is 10.1 Å². The fraction of sp³-hybridized carbons (Fsp3) is 0.579. The maximum Gasteiger partial charge on any atom is 0.230 e. The van der Waals surface area contributed by atoms with Gasteiger partial charge in [0, 0.05) is 11.5 Å². The number of rotatable bonds is 4. The second-order valence-corrected chi connectivity index (χ2v) is 8.62. The first-order valence-electron chi connectivity index (χ1n) is 8.93. The van der Waals surface area contributed by atoms with E-state index in [0.29, 0.717) is 17.0 Å². The van der Waals surface area contributed by atoms with Crippen LogP contribution in [0, 0.1) is 17.2 Å². The van der Waals surface area contributed by atoms with Crippen LogP contribution in [0.3, 0.4) is 0 Å². The van der Waals surface area contributed by atoms with Crippen LogP contribution in [0.2, 0.25) is 5.02 Å². The summed E-state index contributed by atoms with van der Waals surface area (Å²) in [7, 11) is 0. The standard InChI is InChI=1S/C19H23ClFN3O/c1-11(18(2)9-10-18)16(25)23-17-22-13-6-5-12(20)14(21)15(13)24(17)19(3)7-4-8-19/h5-6,11H,4,7-10H2,1-3H3,(H,22,23,25). The first-order valence-corrected chi connectivity index (χ1v) is 9.31. The molecular formula is C19H23ClFN3O. The van der Waals surface area contributed by atoms with Gasteiger partial charge in [0.2, 0.25) is 11.9 Å². The molecule has 2 aromatic rings. The summed E-state index contributed by atoms with van der Waals surface area (Å²) in [6, 6.07) is 3.22. The van der Waals surface area contributed by atoms with Crippen LogP contribution in [0.25, 0.3) is 11.0 Å². The number of fused-ring (bicyclic) bond motifs is 1. The predicted molar refractivity (Wildman–Crippen MR) is 97.3 cm³/mol. The minimum atomic E-state index is -0.470. The van der Waals surface area contributed by atoms with E-state index in [1.165, 1.54) is 6.07 Å². The highest BCUT2D eigenvalue weighted by molar-refractivity contribution is 6.31. The lowest BCUT2D eigenvalue weighted by molar-refractivity contribution is -0.121. The Hall–Kier alpha value is -1.62. The van der Waals surface area contributed by atoms with Gasteiger partial charge < -0.3 is 4.57 Å². The van der Waals surface area contributed by atoms with Crippen LogP contribution in [-0.4, -0.2) is 15.5 Å². The Labute approximate surface area is 151 Å². The van der Waals surface area contributed by atoms with Crippen molar-refractivity contribution in [2.24, 2.45) is 11.3 Å². The number of imidazole rings is 1. The molecule has 4 rings (SSSR count). The third kappa shape index (κ3) is 2.55. The topological polar surface area (TPSA) is 46.9 Å². The number of amides is 1. The van der Waals surface area contributed by atoms with E-state index in [1.54, 1.807) is 6.07 Å². The zero-order valence-electron chi connectivity index (χ0n) is 14.8. The summed E-state index contributed by atoms with van der Waals surface area (Å²) in [5, 5.41) is 3.05. The number of hydrogen-bond acceptors (Lipinski definition) is 2. The van der Waals surface area contributed by atoms with E-state index in [-0.39, 0.29) is 27.8 Å². The smallest absolute Gasteiger partial charge is 0.230 e. The number of nitrogens with one attached hydrogen (secondary N) is 1. The van der Waals surface area contributed by atoms with Gasteiger partial charge in [0.15, 0.2) is 5.82 Å². The maximum atomic E-state index is 14.8. The number of hydrogen-bond donors (Lipinski definition) is 1. The van der Waals surface area contributed by atoms with Crippen molar-refractivity contribution in [3.63, 3.8) is 0 Å². The number of aromatic nitrogens is 2. The summed E-state index contributed by atoms with van der Waals surface area (Å²) < 4.78 is 16.6. The summed E-state index contributed by atoms with van der Waals surface area (Å²) in [6.07, 6.45) is 5.08. The van der Waals surface area contributed by atoms with Gasteiger partial charge in [-0.2, -0.15) is 0 Å². The molecule has 1 aromatic carbocycles. The first-order chi connectivity index (χ1) is 11.8. The normalized spacial score (nSPS) is 21.6. The van der Waals surface area contributed by atoms with Crippen molar-refractivity contribution in [1.82, 2.24) is 9.55 Å². The van der Waals surface area contributed by atoms with Crippen molar-refractivity contribution in [2.45, 2.75) is 58.4 Å². The lowest BCUT2D eigenvalue weighted by Crippen LogP contribution is -2.39. The molecule has 1 unspecified atom stereocenters. The molecule has 1 N–H and O–H groups in total. The van der Waals surface area contributed by atoms with Gasteiger partial charge in [-0.25, -0.2) is 9.37 Å². The van der Waals surface area contributed by atoms with E-state index < -0.39 is 5.82 Å². The van der Waals surface area contributed by atoms with Gasteiger partial charge >= 0.3 is 0 Å². The van der Waals surface area contributed by atoms with Crippen molar-refractivity contribution in [3.05, 3.63) is 23.0 Å². The van der Waals surface area contributed by atoms with Crippen LogP contribution in [0.5, 0.6) is 0 Å². The molecule has 134 valence electrons. The molecule has 0 saturated heterocycles. The minimum absolute atomic E-state index is 0.0500. The molecule has 1 heterocycles. The summed E-state index contributed by atoms with van der Waals surface area (Å²) in [6.45, 7) is 6.17. The summed E-state index contributed by atoms with van der Waals surface area (Å²) >= 11 is 6.00. The molecule has 1 amide bonds. The SMILES string of the molecule is CC(C(=O)Nc1nc2ccc(Cl)c(F)c2n1C1(C)CCC1)C1(C)CC1. The Bertz CT molecular complexity index is 867. The molecule has 2 saturated carbocycles. The Kier molecular flexibility index (Phi) is 3.66. The number of benzene rings is 1. The quantitative estimate of drug-likeness (QED) is 0.821. The van der Waals surface area contributed by atoms with Gasteiger partial charge in [-0.05, 0) is 56.6 Å². The second kappa shape index (κ2) is 5.44. The van der Waals surface area contributed by atoms with Gasteiger partial charge in [-0.1, -0.05) is 25.4 Å². The minimum Gasteiger partial charge on any atom is -0.301 e. The van der Waals surface area contributed by atoms with Crippen LogP contribution in [0.15, 0.2) is 12.1 Å². The highest BCUT2D eigenvalue weighted by Crippen LogP contribution is 2.52. The number of anilines is 1. The van der Waals surface area contributed by atoms with E-state index in [0.717, 1.165) is 32.1 Å². The molecule has 1 atom stereocenters. The van der Waals surface area contributed by atoms with Crippen LogP contribution < -0.4 is 5.32 Å². The molecule has 2 aliphatic rings. The third-order valence-electron chi connectivity index (χ3n) is 6.39. The lowest BCUT2D eigenvalue weighted by Gasteiger charge is -2.41. The molecule has 2 aliphatic carbocycles. The molecular weight excluding hydrogens is 341 g/mol. The zero-order valence-corrected chi connectivity index (χ0v) is 15.6. The van der Waals surface area contributed by atoms with E-state index in [1.807, 2.05) is 11.5 Å². The first kappa shape index (κ1) is 16.8. The lowest BCUT2D eigenvalue weighted by atomic mass is 9.78. The average Bonchev–Trinajstić information content (AvgIpc) is 3.18. The van der Waals surface area contributed by atoms with Crippen molar-refractivity contribution in [3.8, 4) is 0 Å². The molecule has 0 bridgehead atoms. The van der Waals surface area contributed by atoms with E-state index >= 15 is 0 Å². The van der Waals surface area contributed by atoms with Crippen molar-refractivity contribution in [2.75, 3.05) is 5.32 Å². The largest absolute Gasteiger partial charge is 0.301 e. The predicted octanol–water partition coefficient (Wildman–Crippen LogP) is 5.10. The molecule has 0 aliphatic heterocycles. The number of carbonyl (C=O) groups is 1. The van der Waals surface area contributed by atoms with E-state index in [4.69, 9.17) is 11.6 Å². The summed E-state index contributed by atoms with van der Waals surface area (Å²) in [5.74, 6) is -0.184. The fourth-order valence-electron chi connectivity index (χ4n) is 3.79. The Morgan fingerprint density at radius 3 is 2.56 bits per heavy atom. The average molecular weight is 364 g/mol. The van der Waals surface area contributed by atoms with Crippen LogP contribution >= 0.6 is 11.6 Å². The van der Waals surface area contributed by atoms with Gasteiger partial charge in [0.1, 0.15) is 5.52 Å². The molecule has 2 fully saturated rings. The number of carbonyl (C=O) groups excluding carboxylic acids is 1. The highest BCUT2D eigenvalue weighted by Gasteiger charge is 2.46. The zero-order chi connectivity index (χ0) is 18.0. The second-order valence-electron chi connectivity index (χ2n) is 8.22. The Morgan fingerprint density at radius 2 is 2.00 bits per heavy atom. The fourth-order valence-corrected chi connectivity index (χ4v) is 3.94. The molecule has 6 heteroatoms. The molecule has 0 spiro atoms. The molecule has 4 nitrogen and oxygen atoms in total. The Morgan fingerprint density at radius 1 is 1.32 bits per heavy atom. The van der Waals surface area contributed by atoms with Gasteiger partial charge in [0.25, 0.3) is 0 Å². The monoisotopic (exact) mass is 363 g/mol. The van der Waals surface area contributed by atoms with Crippen LogP contribution in [-0.2, 0) is 10.3 Å². The Balaban J connectivity index is 1.79. The van der Waals surface area contributed by atoms with Crippen molar-refractivity contribution in [1.29, 1.82) is 0 Å². The molecule has 0 radical (unpaired) electrons. The highest BCUT2D eigenvalue weighted by atomic mass is 35.5. The van der Waals surface area contributed by atoms with Crippen molar-refractivity contribution < 1.29 is 9.18 Å². The summed E-state index contributed by atoms with van der Waals surface area (Å²) in [4.78, 5) is 17.2.